The van der Waals surface area contributed by atoms with Crippen LogP contribution in [0.4, 0.5) is 11.5 Å². The highest BCUT2D eigenvalue weighted by atomic mass is 35.5. The van der Waals surface area contributed by atoms with Crippen LogP contribution < -0.4 is 4.90 Å². The second kappa shape index (κ2) is 9.00. The molecule has 0 bridgehead atoms. The lowest BCUT2D eigenvalue weighted by molar-refractivity contribution is -0.179. The lowest BCUT2D eigenvalue weighted by atomic mass is 9.81. The minimum Gasteiger partial charge on any atom is -0.382 e. The summed E-state index contributed by atoms with van der Waals surface area (Å²) in [5.74, 6) is 0.466. The van der Waals surface area contributed by atoms with Gasteiger partial charge in [0.25, 0.3) is 5.91 Å². The molecule has 1 unspecified atom stereocenters. The van der Waals surface area contributed by atoms with E-state index < -0.39 is 11.6 Å². The summed E-state index contributed by atoms with van der Waals surface area (Å²) in [5.41, 5.74) is 0.355. The summed E-state index contributed by atoms with van der Waals surface area (Å²) in [5, 5.41) is 0.613. The zero-order valence-electron chi connectivity index (χ0n) is 18.9. The van der Waals surface area contributed by atoms with E-state index in [1.54, 1.807) is 34.1 Å². The molecule has 2 aromatic rings. The molecule has 1 spiro atoms. The topological polar surface area (TPSA) is 70.3 Å². The fourth-order valence-corrected chi connectivity index (χ4v) is 4.72. The maximum Gasteiger partial charge on any atom is 0.253 e. The van der Waals surface area contributed by atoms with Gasteiger partial charge in [0.2, 0.25) is 11.6 Å². The van der Waals surface area contributed by atoms with Crippen molar-refractivity contribution in [1.29, 1.82) is 0 Å². The van der Waals surface area contributed by atoms with E-state index in [-0.39, 0.29) is 24.5 Å². The van der Waals surface area contributed by atoms with Crippen molar-refractivity contribution >= 4 is 34.9 Å². The largest absolute Gasteiger partial charge is 0.382 e. The van der Waals surface area contributed by atoms with Gasteiger partial charge in [-0.1, -0.05) is 29.8 Å². The number of halogens is 1. The van der Waals surface area contributed by atoms with Gasteiger partial charge in [0.1, 0.15) is 11.9 Å². The van der Waals surface area contributed by atoms with E-state index >= 15 is 0 Å². The van der Waals surface area contributed by atoms with Crippen LogP contribution in [0.3, 0.4) is 0 Å². The Bertz CT molecular complexity index is 1070. The zero-order chi connectivity index (χ0) is 23.8. The number of rotatable bonds is 6. The monoisotopic (exact) mass is 467 g/mol. The predicted molar refractivity (Wildman–Crippen MR) is 125 cm³/mol. The number of nitrogens with zero attached hydrogens (tertiary/aromatic N) is 5. The molecule has 2 aliphatic heterocycles. The lowest BCUT2D eigenvalue weighted by Crippen LogP contribution is -2.83. The van der Waals surface area contributed by atoms with Gasteiger partial charge in [-0.3, -0.25) is 14.6 Å². The standard InChI is InChI=1S/C24H26ClN5O3/c1-16(2)30-20(13-33-4)22(31)29(12-17-5-7-18(25)8-6-17)24(23(30)32)14-28(15-24)21-10-9-19(26-3)11-27-21/h5-11,16,20H,12-15H2,1-2,4H3. The number of ether oxygens (including phenoxy) is 1. The fourth-order valence-electron chi connectivity index (χ4n) is 4.60. The van der Waals surface area contributed by atoms with Gasteiger partial charge < -0.3 is 19.4 Å². The first kappa shape index (κ1) is 23.0. The molecule has 9 heteroatoms. The number of pyridine rings is 1. The molecule has 0 saturated carbocycles. The van der Waals surface area contributed by atoms with Crippen molar-refractivity contribution in [2.45, 2.75) is 38.0 Å². The number of anilines is 1. The van der Waals surface area contributed by atoms with Gasteiger partial charge in [0.15, 0.2) is 5.54 Å². The molecule has 2 saturated heterocycles. The predicted octanol–water partition coefficient (Wildman–Crippen LogP) is 3.14. The highest BCUT2D eigenvalue weighted by Crippen LogP contribution is 2.39. The molecule has 1 aromatic carbocycles. The Morgan fingerprint density at radius 2 is 1.91 bits per heavy atom. The molecule has 2 aliphatic rings. The van der Waals surface area contributed by atoms with Crippen LogP contribution in [0.5, 0.6) is 0 Å². The minimum absolute atomic E-state index is 0.0814. The first-order valence-corrected chi connectivity index (χ1v) is 11.1. The van der Waals surface area contributed by atoms with Crippen LogP contribution in [0.2, 0.25) is 5.02 Å². The Hall–Kier alpha value is -3.15. The van der Waals surface area contributed by atoms with Gasteiger partial charge in [0.05, 0.1) is 26.3 Å². The summed E-state index contributed by atoms with van der Waals surface area (Å²) in [7, 11) is 1.54. The number of hydrogen-bond donors (Lipinski definition) is 0. The number of carbonyl (C=O) groups is 2. The molecule has 1 atom stereocenters. The zero-order valence-corrected chi connectivity index (χ0v) is 19.6. The van der Waals surface area contributed by atoms with Crippen LogP contribution in [0.15, 0.2) is 42.6 Å². The summed E-state index contributed by atoms with van der Waals surface area (Å²) in [6.45, 7) is 12.0. The Balaban J connectivity index is 1.69. The number of piperazine rings is 1. The second-order valence-electron chi connectivity index (χ2n) is 8.70. The van der Waals surface area contributed by atoms with Gasteiger partial charge in [-0.2, -0.15) is 0 Å². The molecule has 8 nitrogen and oxygen atoms in total. The van der Waals surface area contributed by atoms with Crippen molar-refractivity contribution in [2.75, 3.05) is 31.7 Å². The Morgan fingerprint density at radius 1 is 1.21 bits per heavy atom. The maximum absolute atomic E-state index is 13.9. The first-order valence-electron chi connectivity index (χ1n) is 10.8. The third-order valence-corrected chi connectivity index (χ3v) is 6.51. The highest BCUT2D eigenvalue weighted by molar-refractivity contribution is 6.30. The van der Waals surface area contributed by atoms with Gasteiger partial charge in [0, 0.05) is 30.9 Å². The summed E-state index contributed by atoms with van der Waals surface area (Å²) in [4.78, 5) is 40.7. The lowest BCUT2D eigenvalue weighted by Gasteiger charge is -2.60. The van der Waals surface area contributed by atoms with Gasteiger partial charge in [-0.15, -0.1) is 0 Å². The number of aromatic nitrogens is 1. The Labute approximate surface area is 198 Å². The number of benzene rings is 1. The Kier molecular flexibility index (Phi) is 6.28. The van der Waals surface area contributed by atoms with Crippen LogP contribution in [-0.4, -0.2) is 71.0 Å². The highest BCUT2D eigenvalue weighted by Gasteiger charge is 2.62. The van der Waals surface area contributed by atoms with Crippen molar-refractivity contribution in [3.05, 3.63) is 64.6 Å². The van der Waals surface area contributed by atoms with Crippen LogP contribution in [0.25, 0.3) is 4.85 Å². The molecule has 172 valence electrons. The molecule has 4 rings (SSSR count). The fraction of sp³-hybridized carbons (Fsp3) is 0.417. The third-order valence-electron chi connectivity index (χ3n) is 6.26. The average Bonchev–Trinajstić information content (AvgIpc) is 2.77. The number of methoxy groups -OCH3 is 1. The van der Waals surface area contributed by atoms with E-state index in [0.29, 0.717) is 36.2 Å². The van der Waals surface area contributed by atoms with Gasteiger partial charge in [-0.25, -0.2) is 4.85 Å². The molecule has 1 aromatic heterocycles. The van der Waals surface area contributed by atoms with Crippen LogP contribution in [-0.2, 0) is 20.9 Å². The van der Waals surface area contributed by atoms with Crippen LogP contribution >= 0.6 is 11.6 Å². The van der Waals surface area contributed by atoms with Crippen molar-refractivity contribution in [3.8, 4) is 0 Å². The van der Waals surface area contributed by atoms with Crippen molar-refractivity contribution in [3.63, 3.8) is 0 Å². The minimum atomic E-state index is -0.995. The molecule has 2 amide bonds. The first-order chi connectivity index (χ1) is 15.8. The smallest absolute Gasteiger partial charge is 0.253 e. The second-order valence-corrected chi connectivity index (χ2v) is 9.14. The molecule has 0 N–H and O–H groups in total. The summed E-state index contributed by atoms with van der Waals surface area (Å²) < 4.78 is 5.32. The van der Waals surface area contributed by atoms with E-state index in [2.05, 4.69) is 9.83 Å². The summed E-state index contributed by atoms with van der Waals surface area (Å²) in [6.07, 6.45) is 1.52. The quantitative estimate of drug-likeness (QED) is 0.610. The van der Waals surface area contributed by atoms with Crippen molar-refractivity contribution in [2.24, 2.45) is 0 Å². The molecule has 3 heterocycles. The van der Waals surface area contributed by atoms with Gasteiger partial charge >= 0.3 is 0 Å². The van der Waals surface area contributed by atoms with Crippen LogP contribution in [0.1, 0.15) is 19.4 Å². The molecular formula is C24H26ClN5O3. The van der Waals surface area contributed by atoms with Crippen molar-refractivity contribution in [1.82, 2.24) is 14.8 Å². The van der Waals surface area contributed by atoms with Crippen LogP contribution in [0, 0.1) is 6.57 Å². The van der Waals surface area contributed by atoms with E-state index in [1.807, 2.05) is 30.9 Å². The third kappa shape index (κ3) is 4.03. The molecule has 33 heavy (non-hydrogen) atoms. The van der Waals surface area contributed by atoms with E-state index in [4.69, 9.17) is 22.9 Å². The number of carbonyl (C=O) groups excluding carboxylic acids is 2. The van der Waals surface area contributed by atoms with E-state index in [1.165, 1.54) is 13.3 Å². The van der Waals surface area contributed by atoms with E-state index in [9.17, 15) is 9.59 Å². The van der Waals surface area contributed by atoms with E-state index in [0.717, 1.165) is 5.56 Å². The van der Waals surface area contributed by atoms with Crippen molar-refractivity contribution < 1.29 is 14.3 Å². The number of hydrogen-bond acceptors (Lipinski definition) is 5. The Morgan fingerprint density at radius 3 is 2.45 bits per heavy atom. The summed E-state index contributed by atoms with van der Waals surface area (Å²) >= 11 is 6.04. The molecule has 2 fully saturated rings. The maximum atomic E-state index is 13.9. The SMILES string of the molecule is [C-]#[N+]c1ccc(N2CC3(C2)C(=O)N(C(C)C)C(COC)C(=O)N3Cc2ccc(Cl)cc2)nc1. The molecule has 0 radical (unpaired) electrons. The molecule has 0 aliphatic carbocycles. The average molecular weight is 468 g/mol. The molecular weight excluding hydrogens is 442 g/mol. The normalized spacial score (nSPS) is 19.8. The van der Waals surface area contributed by atoms with Gasteiger partial charge in [-0.05, 0) is 37.6 Å². The summed E-state index contributed by atoms with van der Waals surface area (Å²) in [6, 6.07) is 9.95. The number of amides is 2.